The van der Waals surface area contributed by atoms with Crippen molar-refractivity contribution in [3.05, 3.63) is 24.3 Å². The van der Waals surface area contributed by atoms with E-state index in [2.05, 4.69) is 19.2 Å². The minimum absolute atomic E-state index is 0.381. The van der Waals surface area contributed by atoms with Gasteiger partial charge in [0, 0.05) is 11.7 Å². The van der Waals surface area contributed by atoms with Crippen LogP contribution in [0.5, 0.6) is 0 Å². The van der Waals surface area contributed by atoms with Crippen LogP contribution in [0, 0.1) is 0 Å². The summed E-state index contributed by atoms with van der Waals surface area (Å²) in [5.41, 5.74) is 2.05. The highest BCUT2D eigenvalue weighted by atomic mass is 16.2. The fraction of sp³-hybridized carbons (Fsp3) is 0.400. The topological polar surface area (TPSA) is 32.3 Å². The fourth-order valence-electron chi connectivity index (χ4n) is 1.19. The van der Waals surface area contributed by atoms with Crippen molar-refractivity contribution in [2.45, 2.75) is 26.7 Å². The third kappa shape index (κ3) is 3.11. The van der Waals surface area contributed by atoms with Gasteiger partial charge in [0.2, 0.25) is 0 Å². The van der Waals surface area contributed by atoms with Crippen molar-refractivity contribution < 1.29 is 5.02 Å². The Morgan fingerprint density at radius 3 is 2.15 bits per heavy atom. The van der Waals surface area contributed by atoms with Crippen LogP contribution in [0.4, 0.5) is 5.69 Å². The highest BCUT2D eigenvalue weighted by Crippen LogP contribution is 2.05. The molecule has 0 spiro atoms. The summed E-state index contributed by atoms with van der Waals surface area (Å²) < 4.78 is 0. The molecule has 3 heteroatoms. The number of anilines is 1. The van der Waals surface area contributed by atoms with E-state index in [4.69, 9.17) is 0 Å². The van der Waals surface area contributed by atoms with Gasteiger partial charge in [-0.3, -0.25) is 0 Å². The molecule has 1 aromatic rings. The Labute approximate surface area is 80.1 Å². The Balaban J connectivity index is 2.70. The van der Waals surface area contributed by atoms with Crippen molar-refractivity contribution in [1.29, 1.82) is 0 Å². The van der Waals surface area contributed by atoms with Crippen molar-refractivity contribution in [1.82, 2.24) is 0 Å². The molecule has 70 valence electrons. The van der Waals surface area contributed by atoms with E-state index in [-0.39, 0.29) is 6.92 Å². The van der Waals surface area contributed by atoms with E-state index >= 15 is 0 Å². The predicted octanol–water partition coefficient (Wildman–Crippen LogP) is 1.33. The van der Waals surface area contributed by atoms with Gasteiger partial charge in [0.25, 0.3) is 0 Å². The molecule has 0 aromatic heterocycles. The lowest BCUT2D eigenvalue weighted by atomic mass is 9.64. The summed E-state index contributed by atoms with van der Waals surface area (Å²) in [6.07, 6.45) is 0. The molecular weight excluding hydrogens is 161 g/mol. The zero-order chi connectivity index (χ0) is 9.84. The Morgan fingerprint density at radius 1 is 1.23 bits per heavy atom. The van der Waals surface area contributed by atoms with Crippen LogP contribution in [0.2, 0.25) is 6.82 Å². The van der Waals surface area contributed by atoms with Crippen LogP contribution in [0.3, 0.4) is 0 Å². The molecule has 0 aliphatic carbocycles. The Hall–Kier alpha value is -0.955. The zero-order valence-corrected chi connectivity index (χ0v) is 8.41. The average molecular weight is 177 g/mol. The molecule has 0 saturated heterocycles. The standard InChI is InChI=1S/C10H16BNO/c1-8(2)12-10-6-4-9(5-7-10)11(3)13/h4-8,12-13H,1-3H3. The van der Waals surface area contributed by atoms with Gasteiger partial charge < -0.3 is 10.3 Å². The molecule has 1 rings (SSSR count). The van der Waals surface area contributed by atoms with Crippen LogP contribution in [-0.2, 0) is 0 Å². The second-order valence-electron chi connectivity index (χ2n) is 3.60. The van der Waals surface area contributed by atoms with Gasteiger partial charge in [0.1, 0.15) is 0 Å². The summed E-state index contributed by atoms with van der Waals surface area (Å²) in [5.74, 6) is 0. The largest absolute Gasteiger partial charge is 0.447 e. The number of benzene rings is 1. The van der Waals surface area contributed by atoms with Gasteiger partial charge in [-0.15, -0.1) is 0 Å². The Kier molecular flexibility index (Phi) is 3.37. The second kappa shape index (κ2) is 4.33. The normalized spacial score (nSPS) is 10.2. The minimum atomic E-state index is -0.381. The molecule has 0 atom stereocenters. The lowest BCUT2D eigenvalue weighted by molar-refractivity contribution is 0.594. The van der Waals surface area contributed by atoms with Gasteiger partial charge >= 0.3 is 6.92 Å². The molecule has 0 aliphatic rings. The average Bonchev–Trinajstić information content (AvgIpc) is 2.04. The van der Waals surface area contributed by atoms with Crippen LogP contribution in [0.15, 0.2) is 24.3 Å². The van der Waals surface area contributed by atoms with Crippen LogP contribution in [0.1, 0.15) is 13.8 Å². The van der Waals surface area contributed by atoms with Gasteiger partial charge in [0.05, 0.1) is 0 Å². The summed E-state index contributed by atoms with van der Waals surface area (Å²) in [6.45, 7) is 5.59. The number of hydrogen-bond acceptors (Lipinski definition) is 2. The van der Waals surface area contributed by atoms with E-state index in [0.717, 1.165) is 11.2 Å². The maximum atomic E-state index is 9.28. The van der Waals surface area contributed by atoms with Gasteiger partial charge in [-0.25, -0.2) is 0 Å². The third-order valence-electron chi connectivity index (χ3n) is 1.85. The zero-order valence-electron chi connectivity index (χ0n) is 8.41. The Bertz CT molecular complexity index is 256. The van der Waals surface area contributed by atoms with Crippen molar-refractivity contribution in [2.24, 2.45) is 0 Å². The molecule has 0 heterocycles. The van der Waals surface area contributed by atoms with E-state index in [9.17, 15) is 5.02 Å². The maximum Gasteiger partial charge on any atom is 0.320 e. The fourth-order valence-corrected chi connectivity index (χ4v) is 1.19. The second-order valence-corrected chi connectivity index (χ2v) is 3.60. The summed E-state index contributed by atoms with van der Waals surface area (Å²) in [6, 6.07) is 8.30. The SMILES string of the molecule is CB(O)c1ccc(NC(C)C)cc1. The molecule has 0 aliphatic heterocycles. The van der Waals surface area contributed by atoms with Crippen LogP contribution in [-0.4, -0.2) is 18.0 Å². The van der Waals surface area contributed by atoms with Crippen molar-refractivity contribution in [2.75, 3.05) is 5.32 Å². The smallest absolute Gasteiger partial charge is 0.320 e. The molecule has 2 nitrogen and oxygen atoms in total. The molecule has 0 fully saturated rings. The molecule has 1 aromatic carbocycles. The lowest BCUT2D eigenvalue weighted by Crippen LogP contribution is -2.25. The first kappa shape index (κ1) is 10.1. The van der Waals surface area contributed by atoms with E-state index in [1.165, 1.54) is 0 Å². The van der Waals surface area contributed by atoms with E-state index in [0.29, 0.717) is 6.04 Å². The molecule has 0 amide bonds. The highest BCUT2D eigenvalue weighted by molar-refractivity contribution is 6.64. The highest BCUT2D eigenvalue weighted by Gasteiger charge is 2.05. The molecule has 2 N–H and O–H groups in total. The molecule has 0 saturated carbocycles. The van der Waals surface area contributed by atoms with E-state index < -0.39 is 0 Å². The maximum absolute atomic E-state index is 9.28. The number of hydrogen-bond donors (Lipinski definition) is 2. The summed E-state index contributed by atoms with van der Waals surface area (Å²) >= 11 is 0. The van der Waals surface area contributed by atoms with Crippen LogP contribution in [0.25, 0.3) is 0 Å². The predicted molar refractivity (Wildman–Crippen MR) is 58.7 cm³/mol. The summed E-state index contributed by atoms with van der Waals surface area (Å²) in [4.78, 5) is 0. The number of rotatable bonds is 3. The Morgan fingerprint density at radius 2 is 1.77 bits per heavy atom. The van der Waals surface area contributed by atoms with Gasteiger partial charge in [0.15, 0.2) is 0 Å². The monoisotopic (exact) mass is 177 g/mol. The van der Waals surface area contributed by atoms with Crippen molar-refractivity contribution in [3.8, 4) is 0 Å². The van der Waals surface area contributed by atoms with Gasteiger partial charge in [-0.2, -0.15) is 0 Å². The van der Waals surface area contributed by atoms with E-state index in [1.54, 1.807) is 6.82 Å². The first-order valence-corrected chi connectivity index (χ1v) is 4.64. The van der Waals surface area contributed by atoms with Crippen molar-refractivity contribution in [3.63, 3.8) is 0 Å². The van der Waals surface area contributed by atoms with Gasteiger partial charge in [-0.05, 0) is 31.4 Å². The molecule has 0 bridgehead atoms. The van der Waals surface area contributed by atoms with Gasteiger partial charge in [-0.1, -0.05) is 19.0 Å². The molecule has 0 unspecified atom stereocenters. The van der Waals surface area contributed by atoms with E-state index in [1.807, 2.05) is 24.3 Å². The van der Waals surface area contributed by atoms with Crippen LogP contribution < -0.4 is 10.8 Å². The lowest BCUT2D eigenvalue weighted by Gasteiger charge is -2.10. The minimum Gasteiger partial charge on any atom is -0.447 e. The van der Waals surface area contributed by atoms with Crippen LogP contribution >= 0.6 is 0 Å². The summed E-state index contributed by atoms with van der Waals surface area (Å²) in [7, 11) is 0. The van der Waals surface area contributed by atoms with Crippen molar-refractivity contribution >= 4 is 18.1 Å². The quantitative estimate of drug-likeness (QED) is 0.682. The first-order valence-electron chi connectivity index (χ1n) is 4.64. The molecule has 13 heavy (non-hydrogen) atoms. The molecule has 0 radical (unpaired) electrons. The first-order chi connectivity index (χ1) is 6.09. The molecular formula is C10H16BNO. The third-order valence-corrected chi connectivity index (χ3v) is 1.85. The number of nitrogens with one attached hydrogen (secondary N) is 1. The summed E-state index contributed by atoms with van der Waals surface area (Å²) in [5, 5.41) is 12.6.